The first-order valence-electron chi connectivity index (χ1n) is 8.23. The molecule has 1 heterocycles. The molecule has 1 fully saturated rings. The van der Waals surface area contributed by atoms with Crippen LogP contribution >= 0.6 is 0 Å². The second kappa shape index (κ2) is 7.73. The van der Waals surface area contributed by atoms with Crippen LogP contribution in [-0.4, -0.2) is 61.9 Å². The van der Waals surface area contributed by atoms with Gasteiger partial charge in [-0.05, 0) is 26.8 Å². The maximum atomic E-state index is 13.9. The summed E-state index contributed by atoms with van der Waals surface area (Å²) in [7, 11) is -2.98. The first-order chi connectivity index (χ1) is 10.8. The normalized spacial score (nSPS) is 19.2. The third-order valence-corrected chi connectivity index (χ3v) is 6.91. The van der Waals surface area contributed by atoms with Crippen LogP contribution in [-0.2, 0) is 9.84 Å². The Hall–Kier alpha value is -0.980. The van der Waals surface area contributed by atoms with E-state index in [1.807, 2.05) is 19.1 Å². The van der Waals surface area contributed by atoms with Crippen LogP contribution in [0.25, 0.3) is 0 Å². The zero-order valence-electron chi connectivity index (χ0n) is 14.2. The van der Waals surface area contributed by atoms with Crippen molar-refractivity contribution >= 4 is 9.84 Å². The summed E-state index contributed by atoms with van der Waals surface area (Å²) < 4.78 is 37.7. The molecule has 2 rings (SSSR count). The van der Waals surface area contributed by atoms with Crippen molar-refractivity contribution in [2.45, 2.75) is 32.1 Å². The van der Waals surface area contributed by atoms with E-state index in [2.05, 4.69) is 9.80 Å². The first kappa shape index (κ1) is 18.4. The molecule has 6 heteroatoms. The number of sulfone groups is 1. The average molecular weight is 342 g/mol. The van der Waals surface area contributed by atoms with E-state index in [9.17, 15) is 12.8 Å². The van der Waals surface area contributed by atoms with Gasteiger partial charge in [0, 0.05) is 44.3 Å². The summed E-state index contributed by atoms with van der Waals surface area (Å²) in [5, 5.41) is -0.315. The molecule has 23 heavy (non-hydrogen) atoms. The van der Waals surface area contributed by atoms with Gasteiger partial charge in [0.05, 0.1) is 11.0 Å². The van der Waals surface area contributed by atoms with Gasteiger partial charge in [-0.1, -0.05) is 18.2 Å². The Kier molecular flexibility index (Phi) is 6.17. The predicted octanol–water partition coefficient (Wildman–Crippen LogP) is 2.33. The molecule has 0 aromatic heterocycles. The van der Waals surface area contributed by atoms with Crippen LogP contribution in [0.3, 0.4) is 0 Å². The van der Waals surface area contributed by atoms with Crippen LogP contribution in [0.2, 0.25) is 0 Å². The number of benzene rings is 1. The van der Waals surface area contributed by atoms with Crippen LogP contribution in [0, 0.1) is 5.82 Å². The van der Waals surface area contributed by atoms with Gasteiger partial charge in [0.2, 0.25) is 0 Å². The van der Waals surface area contributed by atoms with E-state index in [0.717, 1.165) is 31.7 Å². The molecule has 0 radical (unpaired) electrons. The van der Waals surface area contributed by atoms with E-state index in [0.29, 0.717) is 6.54 Å². The van der Waals surface area contributed by atoms with Gasteiger partial charge in [-0.15, -0.1) is 0 Å². The lowest BCUT2D eigenvalue weighted by Crippen LogP contribution is -2.48. The molecule has 1 aromatic carbocycles. The lowest BCUT2D eigenvalue weighted by atomic mass is 10.1. The SMILES string of the molecule is CC(c1ccccc1F)N1CCN(CCS(=O)(=O)C(C)C)CC1. The fourth-order valence-electron chi connectivity index (χ4n) is 2.88. The minimum atomic E-state index is -2.98. The Balaban J connectivity index is 1.86. The van der Waals surface area contributed by atoms with Gasteiger partial charge < -0.3 is 0 Å². The zero-order chi connectivity index (χ0) is 17.0. The summed E-state index contributed by atoms with van der Waals surface area (Å²) in [5.41, 5.74) is 0.725. The number of rotatable bonds is 6. The fourth-order valence-corrected chi connectivity index (χ4v) is 3.86. The highest BCUT2D eigenvalue weighted by Crippen LogP contribution is 2.23. The highest BCUT2D eigenvalue weighted by molar-refractivity contribution is 7.92. The number of halogens is 1. The van der Waals surface area contributed by atoms with Crippen molar-refractivity contribution in [3.63, 3.8) is 0 Å². The molecule has 0 aliphatic carbocycles. The Bertz CT molecular complexity index is 611. The van der Waals surface area contributed by atoms with Crippen LogP contribution in [0.5, 0.6) is 0 Å². The van der Waals surface area contributed by atoms with Crippen molar-refractivity contribution in [3.8, 4) is 0 Å². The van der Waals surface area contributed by atoms with Crippen molar-refractivity contribution in [1.29, 1.82) is 0 Å². The maximum Gasteiger partial charge on any atom is 0.153 e. The molecule has 1 aliphatic heterocycles. The molecule has 0 spiro atoms. The quantitative estimate of drug-likeness (QED) is 0.796. The molecular weight excluding hydrogens is 315 g/mol. The minimum Gasteiger partial charge on any atom is -0.300 e. The standard InChI is InChI=1S/C17H27FN2O2S/c1-14(2)23(21,22)13-12-19-8-10-20(11-9-19)15(3)16-6-4-5-7-17(16)18/h4-7,14-15H,8-13H2,1-3H3. The third kappa shape index (κ3) is 4.75. The molecular formula is C17H27FN2O2S. The van der Waals surface area contributed by atoms with E-state index in [1.165, 1.54) is 6.07 Å². The third-order valence-electron chi connectivity index (χ3n) is 4.72. The summed E-state index contributed by atoms with van der Waals surface area (Å²) in [6.45, 7) is 9.37. The number of hydrogen-bond donors (Lipinski definition) is 0. The van der Waals surface area contributed by atoms with Gasteiger partial charge in [-0.25, -0.2) is 12.8 Å². The van der Waals surface area contributed by atoms with Crippen LogP contribution in [0.1, 0.15) is 32.4 Å². The molecule has 1 aromatic rings. The van der Waals surface area contributed by atoms with E-state index < -0.39 is 9.84 Å². The van der Waals surface area contributed by atoms with Crippen LogP contribution in [0.4, 0.5) is 4.39 Å². The molecule has 1 saturated heterocycles. The molecule has 1 aliphatic rings. The topological polar surface area (TPSA) is 40.6 Å². The molecule has 4 nitrogen and oxygen atoms in total. The molecule has 1 atom stereocenters. The van der Waals surface area contributed by atoms with E-state index in [4.69, 9.17) is 0 Å². The molecule has 0 bridgehead atoms. The van der Waals surface area contributed by atoms with E-state index in [1.54, 1.807) is 19.9 Å². The Morgan fingerprint density at radius 3 is 2.26 bits per heavy atom. The number of piperazine rings is 1. The van der Waals surface area contributed by atoms with Gasteiger partial charge >= 0.3 is 0 Å². The van der Waals surface area contributed by atoms with Gasteiger partial charge in [0.1, 0.15) is 5.82 Å². The molecule has 0 N–H and O–H groups in total. The van der Waals surface area contributed by atoms with Crippen molar-refractivity contribution in [2.24, 2.45) is 0 Å². The minimum absolute atomic E-state index is 0.0396. The van der Waals surface area contributed by atoms with Crippen LogP contribution < -0.4 is 0 Å². The smallest absolute Gasteiger partial charge is 0.153 e. The maximum absolute atomic E-state index is 13.9. The number of nitrogens with zero attached hydrogens (tertiary/aromatic N) is 2. The largest absolute Gasteiger partial charge is 0.300 e. The van der Waals surface area contributed by atoms with Gasteiger partial charge in [0.25, 0.3) is 0 Å². The van der Waals surface area contributed by atoms with Gasteiger partial charge in [-0.2, -0.15) is 0 Å². The highest BCUT2D eigenvalue weighted by Gasteiger charge is 2.25. The van der Waals surface area contributed by atoms with Crippen molar-refractivity contribution in [3.05, 3.63) is 35.6 Å². The van der Waals surface area contributed by atoms with Crippen molar-refractivity contribution < 1.29 is 12.8 Å². The molecule has 0 amide bonds. The summed E-state index contributed by atoms with van der Waals surface area (Å²) in [6.07, 6.45) is 0. The predicted molar refractivity (Wildman–Crippen MR) is 91.8 cm³/mol. The second-order valence-electron chi connectivity index (χ2n) is 6.49. The highest BCUT2D eigenvalue weighted by atomic mass is 32.2. The number of hydrogen-bond acceptors (Lipinski definition) is 4. The van der Waals surface area contributed by atoms with Crippen molar-refractivity contribution in [1.82, 2.24) is 9.80 Å². The monoisotopic (exact) mass is 342 g/mol. The van der Waals surface area contributed by atoms with Gasteiger partial charge in [0.15, 0.2) is 9.84 Å². The average Bonchev–Trinajstić information content (AvgIpc) is 2.53. The Morgan fingerprint density at radius 1 is 1.09 bits per heavy atom. The summed E-state index contributed by atoms with van der Waals surface area (Å²) in [6, 6.07) is 6.94. The van der Waals surface area contributed by atoms with E-state index in [-0.39, 0.29) is 22.9 Å². The Labute approximate surface area is 139 Å². The summed E-state index contributed by atoms with van der Waals surface area (Å²) in [5.74, 6) is 0.0542. The molecule has 130 valence electrons. The van der Waals surface area contributed by atoms with Gasteiger partial charge in [-0.3, -0.25) is 9.80 Å². The first-order valence-corrected chi connectivity index (χ1v) is 9.95. The molecule has 0 saturated carbocycles. The zero-order valence-corrected chi connectivity index (χ0v) is 15.0. The lowest BCUT2D eigenvalue weighted by molar-refractivity contribution is 0.105. The van der Waals surface area contributed by atoms with Crippen LogP contribution in [0.15, 0.2) is 24.3 Å². The second-order valence-corrected chi connectivity index (χ2v) is 9.17. The fraction of sp³-hybridized carbons (Fsp3) is 0.647. The molecule has 1 unspecified atom stereocenters. The summed E-state index contributed by atoms with van der Waals surface area (Å²) in [4.78, 5) is 4.44. The van der Waals surface area contributed by atoms with Crippen molar-refractivity contribution in [2.75, 3.05) is 38.5 Å². The lowest BCUT2D eigenvalue weighted by Gasteiger charge is -2.38. The Morgan fingerprint density at radius 2 is 1.70 bits per heavy atom. The summed E-state index contributed by atoms with van der Waals surface area (Å²) >= 11 is 0. The van der Waals surface area contributed by atoms with E-state index >= 15 is 0 Å².